The fourth-order valence-corrected chi connectivity index (χ4v) is 6.33. The van der Waals surface area contributed by atoms with Crippen LogP contribution in [0.5, 0.6) is 5.75 Å². The van der Waals surface area contributed by atoms with Gasteiger partial charge < -0.3 is 30.7 Å². The van der Waals surface area contributed by atoms with Crippen molar-refractivity contribution in [3.63, 3.8) is 0 Å². The molecule has 4 amide bonds. The second kappa shape index (κ2) is 13.4. The van der Waals surface area contributed by atoms with Crippen molar-refractivity contribution in [1.82, 2.24) is 20.9 Å². The van der Waals surface area contributed by atoms with Crippen LogP contribution in [0.25, 0.3) is 0 Å². The number of nitrogens with one attached hydrogen (secondary N) is 3. The minimum atomic E-state index is -1.32. The zero-order valence-electron chi connectivity index (χ0n) is 24.4. The van der Waals surface area contributed by atoms with Crippen molar-refractivity contribution in [1.29, 1.82) is 0 Å². The number of carboxylic acids is 1. The number of para-hydroxylation sites is 1. The number of benzene rings is 1. The Hall–Kier alpha value is -3.15. The van der Waals surface area contributed by atoms with Crippen molar-refractivity contribution < 1.29 is 33.8 Å². The van der Waals surface area contributed by atoms with Gasteiger partial charge in [-0.15, -0.1) is 0 Å². The molecule has 11 nitrogen and oxygen atoms in total. The van der Waals surface area contributed by atoms with Crippen LogP contribution in [0, 0.1) is 11.8 Å². The summed E-state index contributed by atoms with van der Waals surface area (Å²) in [5.41, 5.74) is -1.32. The summed E-state index contributed by atoms with van der Waals surface area (Å²) in [6.07, 6.45) is 4.92. The van der Waals surface area contributed by atoms with Gasteiger partial charge in [0.25, 0.3) is 0 Å². The smallest absolute Gasteiger partial charge is 0.329 e. The Morgan fingerprint density at radius 3 is 2.29 bits per heavy atom. The average molecular weight is 650 g/mol. The summed E-state index contributed by atoms with van der Waals surface area (Å²) in [4.78, 5) is 66.3. The highest BCUT2D eigenvalue weighted by Crippen LogP contribution is 2.37. The fraction of sp³-hybridized carbons (Fsp3) is 0.633. The van der Waals surface area contributed by atoms with E-state index < -0.39 is 53.5 Å². The highest BCUT2D eigenvalue weighted by atomic mass is 79.9. The summed E-state index contributed by atoms with van der Waals surface area (Å²) < 4.78 is 6.89. The van der Waals surface area contributed by atoms with Crippen molar-refractivity contribution in [2.45, 2.75) is 102 Å². The first kappa shape index (κ1) is 31.8. The first-order chi connectivity index (χ1) is 19.9. The molecule has 3 aliphatic rings. The van der Waals surface area contributed by atoms with E-state index in [1.807, 2.05) is 18.2 Å². The molecule has 0 aromatic heterocycles. The lowest BCUT2D eigenvalue weighted by Crippen LogP contribution is -2.60. The molecule has 4 rings (SSSR count). The number of halogens is 1. The van der Waals surface area contributed by atoms with Gasteiger partial charge in [-0.1, -0.05) is 45.2 Å². The monoisotopic (exact) mass is 648 g/mol. The molecule has 1 aromatic carbocycles. The minimum Gasteiger partial charge on any atom is -0.487 e. The summed E-state index contributed by atoms with van der Waals surface area (Å²) in [6.45, 7) is 5.06. The van der Waals surface area contributed by atoms with E-state index in [2.05, 4.69) is 31.9 Å². The number of likely N-dealkylation sites (tertiary alicyclic amines) is 1. The van der Waals surface area contributed by atoms with Gasteiger partial charge in [0.15, 0.2) is 0 Å². The molecule has 1 aliphatic heterocycles. The van der Waals surface area contributed by atoms with E-state index in [0.29, 0.717) is 18.6 Å². The molecule has 12 heteroatoms. The van der Waals surface area contributed by atoms with Crippen LogP contribution in [-0.4, -0.2) is 75.9 Å². The average Bonchev–Trinajstić information content (AvgIpc) is 3.61. The summed E-state index contributed by atoms with van der Waals surface area (Å²) >= 11 is 3.46. The van der Waals surface area contributed by atoms with Gasteiger partial charge in [0, 0.05) is 13.3 Å². The van der Waals surface area contributed by atoms with Gasteiger partial charge in [-0.3, -0.25) is 19.2 Å². The Morgan fingerprint density at radius 1 is 1.05 bits per heavy atom. The number of carboxylic acid groups (broad SMARTS) is 1. The molecule has 0 bridgehead atoms. The topological polar surface area (TPSA) is 154 Å². The third-order valence-corrected chi connectivity index (χ3v) is 9.15. The Labute approximate surface area is 254 Å². The lowest BCUT2D eigenvalue weighted by molar-refractivity contribution is -0.146. The van der Waals surface area contributed by atoms with Crippen LogP contribution < -0.4 is 20.7 Å². The Morgan fingerprint density at radius 2 is 1.71 bits per heavy atom. The number of hydrogen-bond donors (Lipinski definition) is 4. The summed E-state index contributed by atoms with van der Waals surface area (Å²) in [5, 5.41) is 18.0. The van der Waals surface area contributed by atoms with Crippen molar-refractivity contribution in [3.8, 4) is 5.75 Å². The van der Waals surface area contributed by atoms with Crippen LogP contribution in [-0.2, 0) is 24.0 Å². The van der Waals surface area contributed by atoms with E-state index in [4.69, 9.17) is 4.74 Å². The second-order valence-corrected chi connectivity index (χ2v) is 12.9. The molecule has 2 aliphatic carbocycles. The summed E-state index contributed by atoms with van der Waals surface area (Å²) in [5.74, 6) is -2.66. The van der Waals surface area contributed by atoms with Crippen LogP contribution in [0.4, 0.5) is 0 Å². The predicted octanol–water partition coefficient (Wildman–Crippen LogP) is 2.76. The van der Waals surface area contributed by atoms with Gasteiger partial charge in [-0.05, 0) is 65.6 Å². The van der Waals surface area contributed by atoms with Crippen molar-refractivity contribution in [2.24, 2.45) is 11.8 Å². The Balaban J connectivity index is 1.55. The number of rotatable bonds is 11. The molecule has 1 heterocycles. The lowest BCUT2D eigenvalue weighted by atomic mass is 9.83. The molecule has 4 atom stereocenters. The number of carbonyl (C=O) groups excluding carboxylic acids is 4. The highest BCUT2D eigenvalue weighted by Gasteiger charge is 2.54. The van der Waals surface area contributed by atoms with E-state index in [1.165, 1.54) is 11.8 Å². The molecule has 0 spiro atoms. The molecule has 1 unspecified atom stereocenters. The van der Waals surface area contributed by atoms with Gasteiger partial charge in [-0.25, -0.2) is 4.79 Å². The summed E-state index contributed by atoms with van der Waals surface area (Å²) in [6, 6.07) is 4.55. The quantitative estimate of drug-likeness (QED) is 0.288. The Bertz CT molecular complexity index is 1200. The SMILES string of the molecule is CC(=O)N[C@H](C(=O)N[C@H](C(=O)N1C[C@H](Oc2ccccc2Br)CC1C(=O)NC1(C(=O)O)CC1)C(C)C)C1CCCCC1. The molecule has 2 saturated carbocycles. The largest absolute Gasteiger partial charge is 0.487 e. The van der Waals surface area contributed by atoms with Crippen LogP contribution in [0.2, 0.25) is 0 Å². The van der Waals surface area contributed by atoms with Gasteiger partial charge in [0.1, 0.15) is 35.5 Å². The maximum Gasteiger partial charge on any atom is 0.329 e. The summed E-state index contributed by atoms with van der Waals surface area (Å²) in [7, 11) is 0. The van der Waals surface area contributed by atoms with E-state index in [0.717, 1.165) is 36.6 Å². The number of ether oxygens (including phenoxy) is 1. The third-order valence-electron chi connectivity index (χ3n) is 8.49. The van der Waals surface area contributed by atoms with Crippen LogP contribution in [0.3, 0.4) is 0 Å². The number of amides is 4. The molecule has 3 fully saturated rings. The molecule has 1 aromatic rings. The predicted molar refractivity (Wildman–Crippen MR) is 157 cm³/mol. The van der Waals surface area contributed by atoms with E-state index in [-0.39, 0.29) is 30.7 Å². The molecule has 230 valence electrons. The second-order valence-electron chi connectivity index (χ2n) is 12.1. The zero-order valence-corrected chi connectivity index (χ0v) is 25.9. The minimum absolute atomic E-state index is 0.0243. The van der Waals surface area contributed by atoms with Crippen molar-refractivity contribution >= 4 is 45.5 Å². The Kier molecular flexibility index (Phi) is 10.2. The van der Waals surface area contributed by atoms with E-state index in [1.54, 1.807) is 19.9 Å². The van der Waals surface area contributed by atoms with Crippen LogP contribution in [0.1, 0.15) is 72.1 Å². The number of aliphatic carboxylic acids is 1. The van der Waals surface area contributed by atoms with Gasteiger partial charge in [0.05, 0.1) is 11.0 Å². The molecular formula is C30H41BrN4O7. The number of hydrogen-bond acceptors (Lipinski definition) is 6. The molecule has 42 heavy (non-hydrogen) atoms. The molecule has 1 saturated heterocycles. The normalized spacial score (nSPS) is 23.0. The fourth-order valence-electron chi connectivity index (χ4n) is 5.95. The van der Waals surface area contributed by atoms with Gasteiger partial charge in [-0.2, -0.15) is 0 Å². The number of carbonyl (C=O) groups is 5. The van der Waals surface area contributed by atoms with E-state index in [9.17, 15) is 29.1 Å². The maximum absolute atomic E-state index is 14.1. The van der Waals surface area contributed by atoms with Gasteiger partial charge in [0.2, 0.25) is 23.6 Å². The molecule has 4 N–H and O–H groups in total. The first-order valence-corrected chi connectivity index (χ1v) is 15.6. The van der Waals surface area contributed by atoms with Crippen LogP contribution in [0.15, 0.2) is 28.7 Å². The third kappa shape index (κ3) is 7.43. The van der Waals surface area contributed by atoms with Crippen molar-refractivity contribution in [2.75, 3.05) is 6.54 Å². The zero-order chi connectivity index (χ0) is 30.6. The maximum atomic E-state index is 14.1. The number of nitrogens with zero attached hydrogens (tertiary/aromatic N) is 1. The molecular weight excluding hydrogens is 608 g/mol. The van der Waals surface area contributed by atoms with E-state index >= 15 is 0 Å². The van der Waals surface area contributed by atoms with Gasteiger partial charge >= 0.3 is 5.97 Å². The van der Waals surface area contributed by atoms with Crippen molar-refractivity contribution in [3.05, 3.63) is 28.7 Å². The van der Waals surface area contributed by atoms with Crippen LogP contribution >= 0.6 is 15.9 Å². The first-order valence-electron chi connectivity index (χ1n) is 14.8. The lowest BCUT2D eigenvalue weighted by Gasteiger charge is -2.34. The highest BCUT2D eigenvalue weighted by molar-refractivity contribution is 9.10. The molecule has 0 radical (unpaired) electrons. The standard InChI is InChI=1S/C30H41BrN4O7/c1-17(2)24(33-27(38)25(32-18(3)36)19-9-5-4-6-10-19)28(39)35-16-20(42-23-12-8-7-11-21(23)31)15-22(35)26(37)34-30(13-14-30)29(40)41/h7-8,11-12,17,19-20,22,24-25H,4-6,9-10,13-16H2,1-3H3,(H,32,36)(H,33,38)(H,34,37)(H,40,41)/t20-,22?,24+,25+/m1/s1.